The molecule has 2 aliphatic heterocycles. The quantitative estimate of drug-likeness (QED) is 0.0715. The van der Waals surface area contributed by atoms with Gasteiger partial charge in [-0.05, 0) is 49.9 Å². The van der Waals surface area contributed by atoms with Crippen molar-refractivity contribution in [3.63, 3.8) is 0 Å². The smallest absolute Gasteiger partial charge is 0.318 e. The molecule has 402 valence electrons. The van der Waals surface area contributed by atoms with Crippen molar-refractivity contribution in [2.75, 3.05) is 29.3 Å². The first kappa shape index (κ1) is 57.0. The molecule has 4 aliphatic rings. The third-order valence-electron chi connectivity index (χ3n) is 11.5. The van der Waals surface area contributed by atoms with Crippen LogP contribution in [0.5, 0.6) is 11.5 Å². The molecular weight excluding hydrogens is 1220 g/mol. The van der Waals surface area contributed by atoms with Crippen molar-refractivity contribution in [3.05, 3.63) is 119 Å². The molecule has 2 saturated carbocycles. The van der Waals surface area contributed by atoms with E-state index in [9.17, 15) is 14.7 Å². The van der Waals surface area contributed by atoms with Crippen LogP contribution in [0.4, 0.5) is 21.5 Å². The molecule has 0 radical (unpaired) electrons. The Labute approximate surface area is 484 Å². The standard InChI is InChI=1S/C21H20Cl3N7O2.C16H15Cl2N5O2.C5H6BrClN2.C5H6Cl2N2/c22-11-5-15(24)18(17(6-11)33-4-3-31-8-12(23)7-26-31)19-14-9-30(21(32)27-13-1-2-13)10-16(14)28-20(25)29-19;17-7-3-10(18)13(12(24)4-7)14-9-5-23(16(25)20-8-1-2-8)6-11(9)21-15(19)22-14;2*6-1-2-9-4-5(7)3-8-9/h5-8,13H,1-4,9-10H2,(H,27,32)(H2,25,28,29);3-4,8,24H,1-2,5-6H2,(H,20,25)(H2,19,21,22);2*3-4H,1-2H2. The number of nitrogens with one attached hydrogen (secondary N) is 2. The number of carbonyl (C=O) groups excluding carboxylic acids is 2. The van der Waals surface area contributed by atoms with Crippen LogP contribution >= 0.6 is 109 Å². The molecule has 0 saturated heterocycles. The van der Waals surface area contributed by atoms with Gasteiger partial charge >= 0.3 is 12.1 Å². The minimum atomic E-state index is -0.142. The molecule has 7 aromatic rings. The number of alkyl halides is 2. The zero-order valence-electron chi connectivity index (χ0n) is 39.9. The van der Waals surface area contributed by atoms with Crippen LogP contribution in [0.2, 0.25) is 35.2 Å². The van der Waals surface area contributed by atoms with Crippen LogP contribution < -0.4 is 26.8 Å². The Morgan fingerprint density at radius 1 is 0.618 bits per heavy atom. The number of phenols is 1. The molecule has 4 amide bonds. The molecule has 0 unspecified atom stereocenters. The highest BCUT2D eigenvalue weighted by molar-refractivity contribution is 9.09. The van der Waals surface area contributed by atoms with Gasteiger partial charge in [0.25, 0.3) is 0 Å². The number of aromatic hydroxyl groups is 1. The number of fused-ring (bicyclic) bond motifs is 2. The van der Waals surface area contributed by atoms with Gasteiger partial charge in [0.1, 0.15) is 18.1 Å². The first-order valence-corrected chi connectivity index (χ1v) is 27.6. The summed E-state index contributed by atoms with van der Waals surface area (Å²) in [6.45, 7) is 3.68. The fourth-order valence-electron chi connectivity index (χ4n) is 7.73. The fourth-order valence-corrected chi connectivity index (χ4v) is 9.87. The minimum Gasteiger partial charge on any atom is -0.507 e. The lowest BCUT2D eigenvalue weighted by Crippen LogP contribution is -2.37. The number of aryl methyl sites for hydroxylation is 2. The molecule has 5 aromatic heterocycles. The Hall–Kier alpha value is -5.23. The van der Waals surface area contributed by atoms with Gasteiger partial charge in [-0.15, -0.1) is 11.6 Å². The number of rotatable bonds is 12. The number of benzene rings is 2. The summed E-state index contributed by atoms with van der Waals surface area (Å²) in [5.74, 6) is 1.07. The second kappa shape index (κ2) is 25.9. The summed E-state index contributed by atoms with van der Waals surface area (Å²) in [7, 11) is 0. The summed E-state index contributed by atoms with van der Waals surface area (Å²) in [6.07, 6.45) is 14.1. The molecule has 0 spiro atoms. The molecule has 11 rings (SSSR count). The van der Waals surface area contributed by atoms with E-state index in [2.05, 4.69) is 61.8 Å². The van der Waals surface area contributed by atoms with Crippen LogP contribution in [0.25, 0.3) is 22.5 Å². The van der Waals surface area contributed by atoms with Gasteiger partial charge in [0.05, 0.1) is 123 Å². The van der Waals surface area contributed by atoms with Gasteiger partial charge in [0.15, 0.2) is 0 Å². The van der Waals surface area contributed by atoms with Crippen LogP contribution in [-0.2, 0) is 45.8 Å². The summed E-state index contributed by atoms with van der Waals surface area (Å²) in [6, 6.07) is 6.46. The van der Waals surface area contributed by atoms with Gasteiger partial charge in [0, 0.05) is 63.1 Å². The Morgan fingerprint density at radius 3 is 1.50 bits per heavy atom. The molecule has 0 bridgehead atoms. The van der Waals surface area contributed by atoms with Gasteiger partial charge in [-0.2, -0.15) is 15.3 Å². The molecule has 2 aromatic carbocycles. The highest BCUT2D eigenvalue weighted by Crippen LogP contribution is 2.44. The SMILES string of the molecule is ClCCn1cc(Cl)cn1.Clc1cnn(CCBr)c1.Nc1nc2c(c(-c3c(Cl)cc(Cl)cc3OCCn3cc(Cl)cn3)n1)CN(C(=O)NC1CC1)C2.Nc1nc2c(c(-c3c(O)cc(Cl)cc3Cl)n1)CN(C(=O)NC1CC1)C2. The third-order valence-corrected chi connectivity index (χ3v) is 13.7. The van der Waals surface area contributed by atoms with Crippen molar-refractivity contribution < 1.29 is 19.4 Å². The predicted octanol–water partition coefficient (Wildman–Crippen LogP) is 10.8. The predicted molar refractivity (Wildman–Crippen MR) is 299 cm³/mol. The summed E-state index contributed by atoms with van der Waals surface area (Å²) in [5, 5.41) is 32.4. The largest absolute Gasteiger partial charge is 0.507 e. The first-order valence-electron chi connectivity index (χ1n) is 23.3. The van der Waals surface area contributed by atoms with Crippen molar-refractivity contribution in [1.29, 1.82) is 0 Å². The lowest BCUT2D eigenvalue weighted by atomic mass is 10.0. The van der Waals surface area contributed by atoms with E-state index in [1.54, 1.807) is 73.2 Å². The van der Waals surface area contributed by atoms with Crippen LogP contribution in [0, 0.1) is 0 Å². The summed E-state index contributed by atoms with van der Waals surface area (Å²) in [5.41, 5.74) is 16.5. The molecule has 7 heterocycles. The van der Waals surface area contributed by atoms with E-state index in [0.29, 0.717) is 122 Å². The van der Waals surface area contributed by atoms with E-state index in [4.69, 9.17) is 109 Å². The Balaban J connectivity index is 0.000000155. The number of hydrogen-bond donors (Lipinski definition) is 5. The van der Waals surface area contributed by atoms with Gasteiger partial charge in [-0.1, -0.05) is 97.1 Å². The topological polar surface area (TPSA) is 251 Å². The van der Waals surface area contributed by atoms with Crippen LogP contribution in [0.1, 0.15) is 48.2 Å². The van der Waals surface area contributed by atoms with Crippen molar-refractivity contribution in [2.24, 2.45) is 0 Å². The van der Waals surface area contributed by atoms with E-state index in [0.717, 1.165) is 48.7 Å². The molecule has 2 aliphatic carbocycles. The van der Waals surface area contributed by atoms with E-state index in [-0.39, 0.29) is 46.8 Å². The molecule has 0 atom stereocenters. The van der Waals surface area contributed by atoms with Gasteiger partial charge in [-0.3, -0.25) is 14.0 Å². The maximum absolute atomic E-state index is 12.6. The number of nitrogens with two attached hydrogens (primary N) is 2. The zero-order valence-corrected chi connectivity index (χ0v) is 47.6. The first-order chi connectivity index (χ1) is 36.4. The third kappa shape index (κ3) is 15.3. The molecule has 76 heavy (non-hydrogen) atoms. The van der Waals surface area contributed by atoms with Crippen molar-refractivity contribution in [2.45, 2.75) is 83.6 Å². The van der Waals surface area contributed by atoms with Crippen LogP contribution in [0.3, 0.4) is 0 Å². The highest BCUT2D eigenvalue weighted by atomic mass is 79.9. The lowest BCUT2D eigenvalue weighted by molar-refractivity contribution is 0.197. The maximum atomic E-state index is 12.6. The number of carbonyl (C=O) groups is 2. The second-order valence-corrected chi connectivity index (χ2v) is 21.6. The van der Waals surface area contributed by atoms with E-state index in [1.807, 2.05) is 0 Å². The van der Waals surface area contributed by atoms with Crippen molar-refractivity contribution in [3.8, 4) is 34.0 Å². The van der Waals surface area contributed by atoms with E-state index >= 15 is 0 Å². The maximum Gasteiger partial charge on any atom is 0.318 e. The number of halogens is 9. The zero-order chi connectivity index (χ0) is 54.2. The van der Waals surface area contributed by atoms with Crippen LogP contribution in [0.15, 0.2) is 61.4 Å². The number of aromatic nitrogens is 10. The summed E-state index contributed by atoms with van der Waals surface area (Å²) in [4.78, 5) is 45.6. The van der Waals surface area contributed by atoms with Crippen LogP contribution in [-0.4, -0.2) is 106 Å². The number of phenolic OH excluding ortho intramolecular Hbond substituents is 1. The van der Waals surface area contributed by atoms with Crippen molar-refractivity contribution >= 4 is 133 Å². The second-order valence-electron chi connectivity index (χ2n) is 17.4. The molecule has 29 heteroatoms. The fraction of sp³-hybridized carbons (Fsp3) is 0.340. The molecule has 20 nitrogen and oxygen atoms in total. The average Bonchev–Trinajstić information content (AvgIpc) is 4.00. The Morgan fingerprint density at radius 2 is 1.07 bits per heavy atom. The number of urea groups is 2. The number of hydrogen-bond acceptors (Lipinski definition) is 13. The normalized spacial score (nSPS) is 14.1. The number of nitrogens with zero attached hydrogens (tertiary/aromatic N) is 12. The molecule has 7 N–H and O–H groups in total. The van der Waals surface area contributed by atoms with Gasteiger partial charge in [-0.25, -0.2) is 29.5 Å². The van der Waals surface area contributed by atoms with Gasteiger partial charge in [0.2, 0.25) is 11.9 Å². The average molecular weight is 1260 g/mol. The number of anilines is 2. The Bertz CT molecular complexity index is 3140. The van der Waals surface area contributed by atoms with Gasteiger partial charge < -0.3 is 41.7 Å². The highest BCUT2D eigenvalue weighted by Gasteiger charge is 2.35. The minimum absolute atomic E-state index is 0.0589. The van der Waals surface area contributed by atoms with Crippen molar-refractivity contribution in [1.82, 2.24) is 69.7 Å². The molecule has 2 fully saturated rings. The number of amides is 4. The monoisotopic (exact) mass is 1260 g/mol. The molecular formula is C47H47BrCl8N16O4. The number of ether oxygens (including phenoxy) is 1. The van der Waals surface area contributed by atoms with E-state index in [1.165, 1.54) is 12.1 Å². The lowest BCUT2D eigenvalue weighted by Gasteiger charge is -2.17. The number of nitrogen functional groups attached to an aromatic ring is 2. The van der Waals surface area contributed by atoms with E-state index < -0.39 is 0 Å². The Kier molecular flexibility index (Phi) is 19.4. The summed E-state index contributed by atoms with van der Waals surface area (Å²) >= 11 is 50.9. The summed E-state index contributed by atoms with van der Waals surface area (Å²) < 4.78 is 11.2.